The Bertz CT molecular complexity index is 1440. The average Bonchev–Trinajstić information content (AvgIpc) is 2.95. The molecule has 41 heavy (non-hydrogen) atoms. The maximum Gasteiger partial charge on any atom is 2.00 e. The first-order valence-electron chi connectivity index (χ1n) is 11.3. The smallest absolute Gasteiger partial charge is 0.592 e. The third-order valence-electron chi connectivity index (χ3n) is 4.93. The molecule has 8 nitrogen and oxygen atoms in total. The van der Waals surface area contributed by atoms with Crippen molar-refractivity contribution in [3.05, 3.63) is 138 Å². The van der Waals surface area contributed by atoms with Gasteiger partial charge in [0, 0.05) is 22.5 Å². The monoisotopic (exact) mass is 681 g/mol. The van der Waals surface area contributed by atoms with Gasteiger partial charge in [0.2, 0.25) is 0 Å². The fourth-order valence-electron chi connectivity index (χ4n) is 2.97. The van der Waals surface area contributed by atoms with Crippen LogP contribution in [0.4, 0.5) is 0 Å². The summed E-state index contributed by atoms with van der Waals surface area (Å²) in [6.07, 6.45) is 2.64. The molecule has 0 aliphatic carbocycles. The van der Waals surface area contributed by atoms with Crippen LogP contribution in [0.5, 0.6) is 11.5 Å². The van der Waals surface area contributed by atoms with Gasteiger partial charge in [-0.3, -0.25) is 9.59 Å². The predicted molar refractivity (Wildman–Crippen MR) is 166 cm³/mol. The Kier molecular flexibility index (Phi) is 13.7. The molecule has 0 fully saturated rings. The van der Waals surface area contributed by atoms with Crippen LogP contribution in [0.15, 0.2) is 95.1 Å². The summed E-state index contributed by atoms with van der Waals surface area (Å²) in [6.45, 7) is 0. The third-order valence-corrected chi connectivity index (χ3v) is 5.97. The van der Waals surface area contributed by atoms with Gasteiger partial charge in [-0.05, 0) is 48.5 Å². The molecule has 0 saturated heterocycles. The van der Waals surface area contributed by atoms with E-state index < -0.39 is 0 Å². The second kappa shape index (κ2) is 16.6. The van der Waals surface area contributed by atoms with Crippen molar-refractivity contribution < 1.29 is 36.9 Å². The Morgan fingerprint density at radius 1 is 0.610 bits per heavy atom. The van der Waals surface area contributed by atoms with Crippen LogP contribution in [0.25, 0.3) is 10.9 Å². The molecule has 0 atom stereocenters. The Morgan fingerprint density at radius 3 is 1.29 bits per heavy atom. The van der Waals surface area contributed by atoms with Crippen molar-refractivity contribution in [2.45, 2.75) is 0 Å². The van der Waals surface area contributed by atoms with Crippen LogP contribution in [0.3, 0.4) is 0 Å². The molecule has 2 amide bonds. The number of amides is 2. The molecule has 13 heteroatoms. The van der Waals surface area contributed by atoms with Crippen LogP contribution in [0, 0.1) is 0 Å². The van der Waals surface area contributed by atoms with Crippen molar-refractivity contribution in [2.75, 3.05) is 0 Å². The van der Waals surface area contributed by atoms with E-state index in [1.54, 1.807) is 60.7 Å². The molecule has 0 spiro atoms. The van der Waals surface area contributed by atoms with Gasteiger partial charge in [-0.1, -0.05) is 82.8 Å². The van der Waals surface area contributed by atoms with Crippen LogP contribution in [-0.4, -0.2) is 44.0 Å². The fraction of sp³-hybridized carbons (Fsp3) is 0. The number of halogens is 4. The second-order valence-corrected chi connectivity index (χ2v) is 9.46. The second-order valence-electron chi connectivity index (χ2n) is 7.77. The van der Waals surface area contributed by atoms with Crippen molar-refractivity contribution in [1.82, 2.24) is 0 Å². The van der Waals surface area contributed by atoms with E-state index in [0.29, 0.717) is 32.3 Å². The van der Waals surface area contributed by atoms with Crippen LogP contribution in [0.1, 0.15) is 22.3 Å². The largest absolute Gasteiger partial charge is 2.00 e. The zero-order chi connectivity index (χ0) is 29.1. The molecule has 0 unspecified atom stereocenters. The number of hydrogen-bond acceptors (Lipinski definition) is 2. The predicted octanol–water partition coefficient (Wildman–Crippen LogP) is 7.38. The molecule has 0 heterocycles. The number of rotatable bonds is 6. The zero-order valence-corrected chi connectivity index (χ0v) is 24.7. The Labute approximate surface area is 266 Å². The molecule has 4 rings (SSSR count). The molecule has 213 valence electrons. The van der Waals surface area contributed by atoms with Crippen molar-refractivity contribution in [1.29, 1.82) is 0 Å². The SMILES string of the molecule is [Cu+2].[OH+]=C([N-]N=Cc1cc(Cl)cc(Cl)c1[OH2+])c1ccccc1.[OH+]=C([N-]N=Cc1cc(Cl)cc(Cl)c1[OH2+])c1ccccc1. The molecule has 1 radical (unpaired) electrons. The minimum atomic E-state index is -0.207. The third kappa shape index (κ3) is 10.4. The van der Waals surface area contributed by atoms with E-state index in [1.165, 1.54) is 24.6 Å². The summed E-state index contributed by atoms with van der Waals surface area (Å²) in [5.41, 5.74) is 9.28. The average molecular weight is 684 g/mol. The normalized spacial score (nSPS) is 10.4. The summed E-state index contributed by atoms with van der Waals surface area (Å²) in [5, 5.41) is 24.2. The zero-order valence-electron chi connectivity index (χ0n) is 20.7. The number of benzene rings is 4. The van der Waals surface area contributed by atoms with Crippen LogP contribution >= 0.6 is 46.4 Å². The van der Waals surface area contributed by atoms with E-state index in [1.807, 2.05) is 12.1 Å². The Balaban J connectivity index is 0.000000280. The molecule has 6 N–H and O–H groups in total. The molecule has 0 bridgehead atoms. The van der Waals surface area contributed by atoms with E-state index in [2.05, 4.69) is 21.1 Å². The summed E-state index contributed by atoms with van der Waals surface area (Å²) in [6, 6.07) is 23.7. The standard InChI is InChI=1S/2C14H10Cl2N2O2.Cu/c2*15-11-6-10(13(19)12(16)7-11)8-17-18-14(20)9-4-2-1-3-5-9;/h2*1-8H,(H2,17,18,19,20);/q;;+2/p+2. The van der Waals surface area contributed by atoms with Crippen molar-refractivity contribution in [3.8, 4) is 11.5 Å². The van der Waals surface area contributed by atoms with E-state index in [9.17, 15) is 9.59 Å². The van der Waals surface area contributed by atoms with E-state index in [0.717, 1.165) is 0 Å². The van der Waals surface area contributed by atoms with Crippen molar-refractivity contribution in [2.24, 2.45) is 10.2 Å². The Morgan fingerprint density at radius 2 is 0.951 bits per heavy atom. The summed E-state index contributed by atoms with van der Waals surface area (Å²) in [5.74, 6) is -0.202. The van der Waals surface area contributed by atoms with Gasteiger partial charge in [0.05, 0.1) is 22.3 Å². The number of nitrogens with zero attached hydrogens (tertiary/aromatic N) is 4. The summed E-state index contributed by atoms with van der Waals surface area (Å²) in [7, 11) is 0. The van der Waals surface area contributed by atoms with Gasteiger partial charge >= 0.3 is 17.1 Å². The van der Waals surface area contributed by atoms with Gasteiger partial charge in [-0.15, -0.1) is 0 Å². The quantitative estimate of drug-likeness (QED) is 0.0866. The first kappa shape index (κ1) is 33.6. The maximum atomic E-state index is 9.71. The molecular formula is C28H22Cl4CuN4O4+4. The molecule has 4 aromatic carbocycles. The van der Waals surface area contributed by atoms with Gasteiger partial charge in [0.1, 0.15) is 10.0 Å². The van der Waals surface area contributed by atoms with Crippen molar-refractivity contribution >= 4 is 70.6 Å². The van der Waals surface area contributed by atoms with Crippen LogP contribution in [-0.2, 0) is 17.1 Å². The molecular weight excluding hydrogens is 662 g/mol. The van der Waals surface area contributed by atoms with Gasteiger partial charge < -0.3 is 31.3 Å². The van der Waals surface area contributed by atoms with E-state index >= 15 is 0 Å². The minimum Gasteiger partial charge on any atom is -0.592 e. The first-order chi connectivity index (χ1) is 19.2. The van der Waals surface area contributed by atoms with Gasteiger partial charge in [-0.25, -0.2) is 0 Å². The molecule has 0 aliphatic rings. The molecule has 0 saturated carbocycles. The van der Waals surface area contributed by atoms with Gasteiger partial charge in [0.25, 0.3) is 23.3 Å². The van der Waals surface area contributed by atoms with Crippen LogP contribution < -0.4 is 0 Å². The van der Waals surface area contributed by atoms with E-state index in [4.69, 9.17) is 56.6 Å². The number of hydrogen-bond donors (Lipinski definition) is 0. The molecule has 0 aromatic heterocycles. The summed E-state index contributed by atoms with van der Waals surface area (Å²) in [4.78, 5) is 19.4. The van der Waals surface area contributed by atoms with Crippen molar-refractivity contribution in [3.63, 3.8) is 0 Å². The fourth-order valence-corrected chi connectivity index (χ4v) is 3.99. The van der Waals surface area contributed by atoms with Crippen LogP contribution in [0.2, 0.25) is 20.1 Å². The minimum absolute atomic E-state index is 0. The molecule has 0 aliphatic heterocycles. The van der Waals surface area contributed by atoms with Gasteiger partial charge in [0.15, 0.2) is 0 Å². The number of carbonyl (C=O) groups excluding carboxylic acids is 2. The first-order valence-corrected chi connectivity index (χ1v) is 12.8. The summed E-state index contributed by atoms with van der Waals surface area (Å²) >= 11 is 23.4. The maximum absolute atomic E-state index is 9.71. The topological polar surface area (TPSA) is 142 Å². The Hall–Kier alpha value is -3.56. The summed E-state index contributed by atoms with van der Waals surface area (Å²) < 4.78 is 0. The molecule has 4 aromatic rings. The van der Waals surface area contributed by atoms with E-state index in [-0.39, 0.29) is 50.4 Å². The van der Waals surface area contributed by atoms with Gasteiger partial charge in [-0.2, -0.15) is 0 Å².